The number of aromatic nitrogens is 1. The van der Waals surface area contributed by atoms with E-state index in [2.05, 4.69) is 17.2 Å². The summed E-state index contributed by atoms with van der Waals surface area (Å²) in [4.78, 5) is 31.8. The van der Waals surface area contributed by atoms with Crippen LogP contribution < -0.4 is 5.32 Å². The highest BCUT2D eigenvalue weighted by Gasteiger charge is 2.27. The quantitative estimate of drug-likeness (QED) is 0.876. The Morgan fingerprint density at radius 2 is 2.04 bits per heavy atom. The van der Waals surface area contributed by atoms with Crippen molar-refractivity contribution in [3.05, 3.63) is 58.9 Å². The molecule has 1 unspecified atom stereocenters. The van der Waals surface area contributed by atoms with Crippen LogP contribution in [0.3, 0.4) is 0 Å². The third-order valence-electron chi connectivity index (χ3n) is 5.45. The van der Waals surface area contributed by atoms with Gasteiger partial charge in [0.15, 0.2) is 0 Å². The van der Waals surface area contributed by atoms with Gasteiger partial charge in [-0.1, -0.05) is 19.1 Å². The van der Waals surface area contributed by atoms with Gasteiger partial charge in [0.05, 0.1) is 0 Å². The number of anilines is 1. The van der Waals surface area contributed by atoms with Crippen LogP contribution in [0.15, 0.2) is 36.5 Å². The molecular weight excluding hydrogens is 338 g/mol. The Labute approximate surface area is 160 Å². The van der Waals surface area contributed by atoms with Gasteiger partial charge in [-0.2, -0.15) is 0 Å². The molecule has 2 amide bonds. The first-order valence-corrected chi connectivity index (χ1v) is 9.66. The molecule has 142 valence electrons. The number of aryl methyl sites for hydroxylation is 1. The average molecular weight is 365 g/mol. The number of carbonyl (C=O) groups is 2. The predicted molar refractivity (Wildman–Crippen MR) is 107 cm³/mol. The van der Waals surface area contributed by atoms with E-state index in [-0.39, 0.29) is 17.9 Å². The highest BCUT2D eigenvalue weighted by Crippen LogP contribution is 2.22. The summed E-state index contributed by atoms with van der Waals surface area (Å²) >= 11 is 0. The molecule has 5 nitrogen and oxygen atoms in total. The largest absolute Gasteiger partial charge is 0.334 e. The topological polar surface area (TPSA) is 62.3 Å². The summed E-state index contributed by atoms with van der Waals surface area (Å²) in [5.41, 5.74) is 3.72. The normalized spacial score (nSPS) is 16.9. The molecule has 0 saturated carbocycles. The molecule has 0 radical (unpaired) electrons. The molecule has 2 aromatic rings. The second kappa shape index (κ2) is 8.33. The van der Waals surface area contributed by atoms with Crippen LogP contribution in [0.1, 0.15) is 64.6 Å². The van der Waals surface area contributed by atoms with E-state index in [0.29, 0.717) is 11.3 Å². The molecule has 1 atom stereocenters. The molecule has 1 aromatic heterocycles. The lowest BCUT2D eigenvalue weighted by atomic mass is 9.99. The molecule has 1 aromatic carbocycles. The third kappa shape index (κ3) is 4.18. The number of benzene rings is 1. The molecule has 1 N–H and O–H groups in total. The van der Waals surface area contributed by atoms with Crippen LogP contribution in [0, 0.1) is 13.8 Å². The lowest BCUT2D eigenvalue weighted by Gasteiger charge is -2.35. The van der Waals surface area contributed by atoms with E-state index in [0.717, 1.165) is 49.0 Å². The van der Waals surface area contributed by atoms with Crippen LogP contribution in [-0.4, -0.2) is 34.3 Å². The van der Waals surface area contributed by atoms with E-state index in [4.69, 9.17) is 0 Å². The summed E-state index contributed by atoms with van der Waals surface area (Å²) < 4.78 is 0. The van der Waals surface area contributed by atoms with Crippen molar-refractivity contribution in [3.63, 3.8) is 0 Å². The fraction of sp³-hybridized carbons (Fsp3) is 0.409. The maximum Gasteiger partial charge on any atom is 0.272 e. The maximum atomic E-state index is 12.9. The lowest BCUT2D eigenvalue weighted by Crippen LogP contribution is -2.43. The molecular formula is C22H27N3O2. The van der Waals surface area contributed by atoms with Gasteiger partial charge in [-0.15, -0.1) is 0 Å². The molecule has 3 rings (SSSR count). The summed E-state index contributed by atoms with van der Waals surface area (Å²) in [6.45, 7) is 6.86. The number of likely N-dealkylation sites (tertiary alicyclic amines) is 1. The van der Waals surface area contributed by atoms with Crippen molar-refractivity contribution in [1.29, 1.82) is 0 Å². The molecule has 0 aliphatic carbocycles. The van der Waals surface area contributed by atoms with Gasteiger partial charge in [-0.25, -0.2) is 0 Å². The minimum Gasteiger partial charge on any atom is -0.334 e. The molecule has 27 heavy (non-hydrogen) atoms. The van der Waals surface area contributed by atoms with Gasteiger partial charge in [0.1, 0.15) is 5.69 Å². The summed E-state index contributed by atoms with van der Waals surface area (Å²) in [5, 5.41) is 2.94. The van der Waals surface area contributed by atoms with Gasteiger partial charge in [0.25, 0.3) is 11.8 Å². The maximum absolute atomic E-state index is 12.9. The Kier molecular flexibility index (Phi) is 5.89. The Balaban J connectivity index is 1.79. The zero-order chi connectivity index (χ0) is 19.4. The van der Waals surface area contributed by atoms with Crippen LogP contribution >= 0.6 is 0 Å². The third-order valence-corrected chi connectivity index (χ3v) is 5.45. The lowest BCUT2D eigenvalue weighted by molar-refractivity contribution is 0.0602. The van der Waals surface area contributed by atoms with Crippen molar-refractivity contribution in [2.75, 3.05) is 11.9 Å². The van der Waals surface area contributed by atoms with Crippen LogP contribution in [0.5, 0.6) is 0 Å². The minimum atomic E-state index is -0.231. The van der Waals surface area contributed by atoms with Gasteiger partial charge in [-0.05, 0) is 68.9 Å². The number of carbonyl (C=O) groups excluding carboxylic acids is 2. The van der Waals surface area contributed by atoms with Gasteiger partial charge >= 0.3 is 0 Å². The van der Waals surface area contributed by atoms with Crippen molar-refractivity contribution in [1.82, 2.24) is 9.88 Å². The summed E-state index contributed by atoms with van der Waals surface area (Å²) in [5.74, 6) is -0.311. The fourth-order valence-corrected chi connectivity index (χ4v) is 3.61. The van der Waals surface area contributed by atoms with Gasteiger partial charge in [-0.3, -0.25) is 14.6 Å². The minimum absolute atomic E-state index is 0.0806. The molecule has 1 aliphatic heterocycles. The summed E-state index contributed by atoms with van der Waals surface area (Å²) in [6.07, 6.45) is 5.70. The van der Waals surface area contributed by atoms with Crippen LogP contribution in [0.2, 0.25) is 0 Å². The zero-order valence-corrected chi connectivity index (χ0v) is 16.3. The van der Waals surface area contributed by atoms with E-state index in [9.17, 15) is 9.59 Å². The van der Waals surface area contributed by atoms with Crippen molar-refractivity contribution in [2.45, 2.75) is 52.5 Å². The molecule has 0 bridgehead atoms. The SMILES string of the molecule is CCC1CCCCN1C(=O)c1cc(C(=O)Nc2cccc(C)c2C)ccn1. The number of rotatable bonds is 4. The first-order chi connectivity index (χ1) is 13.0. The highest BCUT2D eigenvalue weighted by molar-refractivity contribution is 6.06. The Hall–Kier alpha value is -2.69. The van der Waals surface area contributed by atoms with E-state index in [1.165, 1.54) is 6.20 Å². The Morgan fingerprint density at radius 3 is 2.81 bits per heavy atom. The van der Waals surface area contributed by atoms with Gasteiger partial charge < -0.3 is 10.2 Å². The number of piperidine rings is 1. The van der Waals surface area contributed by atoms with Crippen molar-refractivity contribution >= 4 is 17.5 Å². The first-order valence-electron chi connectivity index (χ1n) is 9.66. The fourth-order valence-electron chi connectivity index (χ4n) is 3.61. The molecule has 1 aliphatic rings. The summed E-state index contributed by atoms with van der Waals surface area (Å²) in [6, 6.07) is 9.32. The smallest absolute Gasteiger partial charge is 0.272 e. The number of pyridine rings is 1. The molecule has 2 heterocycles. The van der Waals surface area contributed by atoms with Crippen molar-refractivity contribution in [3.8, 4) is 0 Å². The number of amides is 2. The number of hydrogen-bond acceptors (Lipinski definition) is 3. The van der Waals surface area contributed by atoms with Crippen LogP contribution in [-0.2, 0) is 0 Å². The van der Waals surface area contributed by atoms with E-state index in [1.807, 2.05) is 36.9 Å². The number of nitrogens with one attached hydrogen (secondary N) is 1. The molecule has 0 spiro atoms. The summed E-state index contributed by atoms with van der Waals surface area (Å²) in [7, 11) is 0. The predicted octanol–water partition coefficient (Wildman–Crippen LogP) is 4.36. The second-order valence-electron chi connectivity index (χ2n) is 7.19. The van der Waals surface area contributed by atoms with Crippen LogP contribution in [0.4, 0.5) is 5.69 Å². The van der Waals surface area contributed by atoms with Gasteiger partial charge in [0.2, 0.25) is 0 Å². The number of hydrogen-bond donors (Lipinski definition) is 1. The van der Waals surface area contributed by atoms with Crippen LogP contribution in [0.25, 0.3) is 0 Å². The molecule has 1 saturated heterocycles. The highest BCUT2D eigenvalue weighted by atomic mass is 16.2. The number of nitrogens with zero attached hydrogens (tertiary/aromatic N) is 2. The zero-order valence-electron chi connectivity index (χ0n) is 16.3. The van der Waals surface area contributed by atoms with Crippen molar-refractivity contribution < 1.29 is 9.59 Å². The van der Waals surface area contributed by atoms with E-state index < -0.39 is 0 Å². The van der Waals surface area contributed by atoms with E-state index in [1.54, 1.807) is 12.1 Å². The second-order valence-corrected chi connectivity index (χ2v) is 7.19. The molecule has 5 heteroatoms. The average Bonchev–Trinajstić information content (AvgIpc) is 2.71. The van der Waals surface area contributed by atoms with Gasteiger partial charge in [0, 0.05) is 30.0 Å². The van der Waals surface area contributed by atoms with E-state index >= 15 is 0 Å². The Bertz CT molecular complexity index is 847. The Morgan fingerprint density at radius 1 is 1.22 bits per heavy atom. The molecule has 1 fully saturated rings. The van der Waals surface area contributed by atoms with Crippen molar-refractivity contribution in [2.24, 2.45) is 0 Å². The standard InChI is InChI=1S/C22H27N3O2/c1-4-18-9-5-6-13-25(18)22(27)20-14-17(11-12-23-20)21(26)24-19-10-7-8-15(2)16(19)3/h7-8,10-12,14,18H,4-6,9,13H2,1-3H3,(H,24,26). The monoisotopic (exact) mass is 365 g/mol. The first kappa shape index (κ1) is 19.1.